The van der Waals surface area contributed by atoms with Crippen LogP contribution in [0.1, 0.15) is 47.6 Å². The first-order valence-electron chi connectivity index (χ1n) is 10.2. The van der Waals surface area contributed by atoms with Crippen molar-refractivity contribution in [2.75, 3.05) is 18.1 Å². The van der Waals surface area contributed by atoms with Gasteiger partial charge in [-0.2, -0.15) is 16.9 Å². The van der Waals surface area contributed by atoms with Gasteiger partial charge in [0.05, 0.1) is 0 Å². The van der Waals surface area contributed by atoms with Crippen LogP contribution >= 0.6 is 11.8 Å². The molecule has 1 N–H and O–H groups in total. The number of hydrogen-bond donors (Lipinski definition) is 1. The molecule has 7 heteroatoms. The lowest BCUT2D eigenvalue weighted by Crippen LogP contribution is -2.40. The molecule has 0 saturated carbocycles. The summed E-state index contributed by atoms with van der Waals surface area (Å²) in [5, 5.41) is 7.80. The summed E-state index contributed by atoms with van der Waals surface area (Å²) in [6.07, 6.45) is 5.76. The molecule has 0 spiro atoms. The zero-order valence-corrected chi connectivity index (χ0v) is 17.5. The van der Waals surface area contributed by atoms with Crippen molar-refractivity contribution in [1.82, 2.24) is 25.0 Å². The number of hydrogen-bond acceptors (Lipinski definition) is 5. The van der Waals surface area contributed by atoms with Crippen molar-refractivity contribution >= 4 is 17.7 Å². The van der Waals surface area contributed by atoms with Gasteiger partial charge in [0.15, 0.2) is 5.69 Å². The minimum Gasteiger partial charge on any atom is -0.346 e. The van der Waals surface area contributed by atoms with Crippen molar-refractivity contribution in [2.24, 2.45) is 5.92 Å². The fourth-order valence-corrected chi connectivity index (χ4v) is 5.34. The van der Waals surface area contributed by atoms with Crippen LogP contribution in [0.2, 0.25) is 0 Å². The van der Waals surface area contributed by atoms with Gasteiger partial charge >= 0.3 is 0 Å². The number of nitrogens with zero attached hydrogens (tertiary/aromatic N) is 4. The Morgan fingerprint density at radius 1 is 1.43 bits per heavy atom. The van der Waals surface area contributed by atoms with Crippen LogP contribution in [0.5, 0.6) is 0 Å². The SMILES string of the molecule is CC(C)Cn1nc(C(=O)NCc2cccnc2)c2c1CCN(C1CCSC1)C2. The van der Waals surface area contributed by atoms with E-state index in [0.717, 1.165) is 37.2 Å². The maximum atomic E-state index is 13.0. The van der Waals surface area contributed by atoms with Crippen LogP contribution in [-0.2, 0) is 26.1 Å². The van der Waals surface area contributed by atoms with Crippen molar-refractivity contribution in [2.45, 2.75) is 52.4 Å². The molecule has 1 atom stereocenters. The predicted octanol–water partition coefficient (Wildman–Crippen LogP) is 2.73. The molecule has 2 aliphatic rings. The standard InChI is InChI=1S/C21H29N5OS/c1-15(2)12-26-19-5-8-25(17-6-9-28-14-17)13-18(19)20(24-26)21(27)23-11-16-4-3-7-22-10-16/h3-4,7,10,15,17H,5-6,8-9,11-14H2,1-2H3,(H,23,27). The molecule has 6 nitrogen and oxygen atoms in total. The van der Waals surface area contributed by atoms with Gasteiger partial charge in [0.1, 0.15) is 0 Å². The van der Waals surface area contributed by atoms with Crippen LogP contribution in [-0.4, -0.2) is 49.7 Å². The van der Waals surface area contributed by atoms with Gasteiger partial charge in [-0.05, 0) is 29.7 Å². The Balaban J connectivity index is 1.55. The van der Waals surface area contributed by atoms with Crippen molar-refractivity contribution in [1.29, 1.82) is 0 Å². The lowest BCUT2D eigenvalue weighted by Gasteiger charge is -2.32. The van der Waals surface area contributed by atoms with E-state index in [2.05, 4.69) is 33.7 Å². The lowest BCUT2D eigenvalue weighted by atomic mass is 10.0. The highest BCUT2D eigenvalue weighted by atomic mass is 32.2. The Morgan fingerprint density at radius 2 is 2.32 bits per heavy atom. The summed E-state index contributed by atoms with van der Waals surface area (Å²) in [4.78, 5) is 19.7. The molecule has 1 saturated heterocycles. The number of rotatable bonds is 6. The highest BCUT2D eigenvalue weighted by Gasteiger charge is 2.32. The molecule has 0 bridgehead atoms. The molecule has 2 aromatic rings. The molecule has 4 heterocycles. The summed E-state index contributed by atoms with van der Waals surface area (Å²) < 4.78 is 2.08. The molecule has 2 aromatic heterocycles. The van der Waals surface area contributed by atoms with E-state index in [-0.39, 0.29) is 5.91 Å². The summed E-state index contributed by atoms with van der Waals surface area (Å²) in [6, 6.07) is 4.50. The fraction of sp³-hybridized carbons (Fsp3) is 0.571. The third kappa shape index (κ3) is 4.25. The van der Waals surface area contributed by atoms with Crippen LogP contribution in [0.25, 0.3) is 0 Å². The molecular formula is C21H29N5OS. The maximum absolute atomic E-state index is 13.0. The monoisotopic (exact) mass is 399 g/mol. The molecule has 1 unspecified atom stereocenters. The number of carbonyl (C=O) groups is 1. The van der Waals surface area contributed by atoms with Gasteiger partial charge in [0.2, 0.25) is 0 Å². The Morgan fingerprint density at radius 3 is 3.04 bits per heavy atom. The lowest BCUT2D eigenvalue weighted by molar-refractivity contribution is 0.0941. The Labute approximate surface area is 171 Å². The molecule has 1 fully saturated rings. The van der Waals surface area contributed by atoms with E-state index in [4.69, 9.17) is 5.10 Å². The van der Waals surface area contributed by atoms with Crippen molar-refractivity contribution in [3.8, 4) is 0 Å². The number of amides is 1. The third-order valence-electron chi connectivity index (χ3n) is 5.51. The topological polar surface area (TPSA) is 63.1 Å². The van der Waals surface area contributed by atoms with E-state index in [9.17, 15) is 4.79 Å². The molecule has 150 valence electrons. The summed E-state index contributed by atoms with van der Waals surface area (Å²) in [7, 11) is 0. The summed E-state index contributed by atoms with van der Waals surface area (Å²) >= 11 is 2.04. The first-order chi connectivity index (χ1) is 13.6. The minimum atomic E-state index is -0.0785. The van der Waals surface area contributed by atoms with E-state index in [1.54, 1.807) is 12.4 Å². The van der Waals surface area contributed by atoms with Gasteiger partial charge < -0.3 is 5.32 Å². The molecule has 4 rings (SSSR count). The van der Waals surface area contributed by atoms with Crippen LogP contribution in [0.15, 0.2) is 24.5 Å². The van der Waals surface area contributed by atoms with Gasteiger partial charge in [-0.15, -0.1) is 0 Å². The Hall–Kier alpha value is -1.86. The van der Waals surface area contributed by atoms with Gasteiger partial charge in [-0.1, -0.05) is 19.9 Å². The first-order valence-corrected chi connectivity index (χ1v) is 11.3. The van der Waals surface area contributed by atoms with Gasteiger partial charge in [-0.3, -0.25) is 19.4 Å². The predicted molar refractivity (Wildman–Crippen MR) is 112 cm³/mol. The number of fused-ring (bicyclic) bond motifs is 1. The van der Waals surface area contributed by atoms with Crippen molar-refractivity contribution in [3.05, 3.63) is 47.0 Å². The van der Waals surface area contributed by atoms with Crippen molar-refractivity contribution < 1.29 is 4.79 Å². The van der Waals surface area contributed by atoms with E-state index >= 15 is 0 Å². The molecule has 1 amide bonds. The minimum absolute atomic E-state index is 0.0785. The quantitative estimate of drug-likeness (QED) is 0.809. The number of aromatic nitrogens is 3. The third-order valence-corrected chi connectivity index (χ3v) is 6.66. The van der Waals surface area contributed by atoms with Crippen molar-refractivity contribution in [3.63, 3.8) is 0 Å². The number of pyridine rings is 1. The highest BCUT2D eigenvalue weighted by molar-refractivity contribution is 7.99. The van der Waals surface area contributed by atoms with Gasteiger partial charge in [-0.25, -0.2) is 0 Å². The Bertz CT molecular complexity index is 814. The number of nitrogens with one attached hydrogen (secondary N) is 1. The number of thioether (sulfide) groups is 1. The second-order valence-electron chi connectivity index (χ2n) is 8.13. The average Bonchev–Trinajstić information content (AvgIpc) is 3.35. The first kappa shape index (κ1) is 19.5. The molecule has 0 radical (unpaired) electrons. The molecule has 28 heavy (non-hydrogen) atoms. The smallest absolute Gasteiger partial charge is 0.272 e. The Kier molecular flexibility index (Phi) is 6.01. The number of carbonyl (C=O) groups excluding carboxylic acids is 1. The fourth-order valence-electron chi connectivity index (χ4n) is 4.08. The zero-order valence-electron chi connectivity index (χ0n) is 16.7. The molecule has 0 aliphatic carbocycles. The summed E-state index contributed by atoms with van der Waals surface area (Å²) in [5.41, 5.74) is 3.99. The van der Waals surface area contributed by atoms with Crippen LogP contribution in [0.3, 0.4) is 0 Å². The average molecular weight is 400 g/mol. The molecular weight excluding hydrogens is 370 g/mol. The van der Waals surface area contributed by atoms with Crippen LogP contribution < -0.4 is 5.32 Å². The van der Waals surface area contributed by atoms with Crippen LogP contribution in [0, 0.1) is 5.92 Å². The normalized spacial score (nSPS) is 19.8. The summed E-state index contributed by atoms with van der Waals surface area (Å²) in [5.74, 6) is 2.88. The van der Waals surface area contributed by atoms with Gasteiger partial charge in [0, 0.05) is 68.0 Å². The van der Waals surface area contributed by atoms with Crippen LogP contribution in [0.4, 0.5) is 0 Å². The second-order valence-corrected chi connectivity index (χ2v) is 9.28. The van der Waals surface area contributed by atoms with E-state index in [0.29, 0.717) is 24.2 Å². The molecule has 0 aromatic carbocycles. The largest absolute Gasteiger partial charge is 0.346 e. The highest BCUT2D eigenvalue weighted by Crippen LogP contribution is 2.29. The second kappa shape index (κ2) is 8.66. The molecule has 2 aliphatic heterocycles. The van der Waals surface area contributed by atoms with E-state index in [1.807, 2.05) is 23.9 Å². The van der Waals surface area contributed by atoms with E-state index in [1.165, 1.54) is 23.6 Å². The van der Waals surface area contributed by atoms with E-state index < -0.39 is 0 Å². The summed E-state index contributed by atoms with van der Waals surface area (Å²) in [6.45, 7) is 7.63. The zero-order chi connectivity index (χ0) is 19.5. The van der Waals surface area contributed by atoms with Gasteiger partial charge in [0.25, 0.3) is 5.91 Å². The maximum Gasteiger partial charge on any atom is 0.272 e.